The maximum Gasteiger partial charge on any atom is 0.419 e. The molecular formula is C13H14F4N2O. The Morgan fingerprint density at radius 2 is 2.05 bits per heavy atom. The SMILES string of the molecule is NC(=O)C1CC(c2cccc(C(F)(F)F)c2F)CCN1. The number of hydrogen-bond acceptors (Lipinski definition) is 2. The van der Waals surface area contributed by atoms with Gasteiger partial charge in [0.2, 0.25) is 5.91 Å². The van der Waals surface area contributed by atoms with Gasteiger partial charge in [0.1, 0.15) is 5.82 Å². The second-order valence-corrected chi connectivity index (χ2v) is 4.84. The van der Waals surface area contributed by atoms with E-state index in [0.717, 1.165) is 0 Å². The first-order chi connectivity index (χ1) is 9.30. The topological polar surface area (TPSA) is 55.1 Å². The number of rotatable bonds is 2. The molecule has 0 radical (unpaired) electrons. The fourth-order valence-electron chi connectivity index (χ4n) is 2.50. The van der Waals surface area contributed by atoms with E-state index in [2.05, 4.69) is 5.32 Å². The van der Waals surface area contributed by atoms with E-state index in [0.29, 0.717) is 19.0 Å². The summed E-state index contributed by atoms with van der Waals surface area (Å²) >= 11 is 0. The summed E-state index contributed by atoms with van der Waals surface area (Å²) in [6.07, 6.45) is -4.06. The van der Waals surface area contributed by atoms with E-state index < -0.39 is 35.4 Å². The number of carbonyl (C=O) groups is 1. The zero-order chi connectivity index (χ0) is 14.9. The summed E-state index contributed by atoms with van der Waals surface area (Å²) in [7, 11) is 0. The van der Waals surface area contributed by atoms with Gasteiger partial charge in [0.25, 0.3) is 0 Å². The van der Waals surface area contributed by atoms with Gasteiger partial charge in [0, 0.05) is 0 Å². The molecule has 1 aliphatic heterocycles. The first-order valence-electron chi connectivity index (χ1n) is 6.19. The molecule has 1 heterocycles. The normalized spacial score (nSPS) is 23.6. The highest BCUT2D eigenvalue weighted by Gasteiger charge is 2.36. The Balaban J connectivity index is 2.31. The molecular weight excluding hydrogens is 276 g/mol. The zero-order valence-corrected chi connectivity index (χ0v) is 10.5. The third-order valence-corrected chi connectivity index (χ3v) is 3.52. The largest absolute Gasteiger partial charge is 0.419 e. The van der Waals surface area contributed by atoms with Gasteiger partial charge < -0.3 is 11.1 Å². The van der Waals surface area contributed by atoms with Crippen LogP contribution < -0.4 is 11.1 Å². The van der Waals surface area contributed by atoms with Crippen LogP contribution in [0.15, 0.2) is 18.2 Å². The Morgan fingerprint density at radius 1 is 1.35 bits per heavy atom. The minimum Gasteiger partial charge on any atom is -0.368 e. The molecule has 20 heavy (non-hydrogen) atoms. The average Bonchev–Trinajstić information content (AvgIpc) is 2.37. The number of halogens is 4. The summed E-state index contributed by atoms with van der Waals surface area (Å²) in [5.74, 6) is -2.28. The van der Waals surface area contributed by atoms with Gasteiger partial charge in [-0.05, 0) is 36.9 Å². The molecule has 0 saturated carbocycles. The average molecular weight is 290 g/mol. The van der Waals surface area contributed by atoms with Crippen molar-refractivity contribution in [1.29, 1.82) is 0 Å². The zero-order valence-electron chi connectivity index (χ0n) is 10.5. The van der Waals surface area contributed by atoms with Crippen LogP contribution in [-0.2, 0) is 11.0 Å². The van der Waals surface area contributed by atoms with Crippen LogP contribution in [0.25, 0.3) is 0 Å². The second-order valence-electron chi connectivity index (χ2n) is 4.84. The summed E-state index contributed by atoms with van der Waals surface area (Å²) in [4.78, 5) is 11.1. The quantitative estimate of drug-likeness (QED) is 0.820. The van der Waals surface area contributed by atoms with Crippen LogP contribution in [0.1, 0.15) is 29.9 Å². The van der Waals surface area contributed by atoms with Crippen molar-refractivity contribution in [2.24, 2.45) is 5.73 Å². The fraction of sp³-hybridized carbons (Fsp3) is 0.462. The number of nitrogens with two attached hydrogens (primary N) is 1. The summed E-state index contributed by atoms with van der Waals surface area (Å²) < 4.78 is 52.0. The van der Waals surface area contributed by atoms with Gasteiger partial charge in [-0.25, -0.2) is 4.39 Å². The van der Waals surface area contributed by atoms with Crippen molar-refractivity contribution in [2.45, 2.75) is 31.0 Å². The molecule has 1 saturated heterocycles. The molecule has 0 aliphatic carbocycles. The Morgan fingerprint density at radius 3 is 2.65 bits per heavy atom. The van der Waals surface area contributed by atoms with E-state index in [9.17, 15) is 22.4 Å². The molecule has 110 valence electrons. The molecule has 1 aromatic rings. The summed E-state index contributed by atoms with van der Waals surface area (Å²) in [6.45, 7) is 0.411. The molecule has 0 bridgehead atoms. The van der Waals surface area contributed by atoms with Crippen LogP contribution >= 0.6 is 0 Å². The second kappa shape index (κ2) is 5.40. The molecule has 7 heteroatoms. The third kappa shape index (κ3) is 2.92. The minimum atomic E-state index is -4.73. The van der Waals surface area contributed by atoms with Crippen molar-refractivity contribution in [3.05, 3.63) is 35.1 Å². The van der Waals surface area contributed by atoms with Gasteiger partial charge in [0.15, 0.2) is 0 Å². The van der Waals surface area contributed by atoms with E-state index in [1.165, 1.54) is 12.1 Å². The van der Waals surface area contributed by atoms with Crippen molar-refractivity contribution >= 4 is 5.91 Å². The first kappa shape index (κ1) is 14.8. The van der Waals surface area contributed by atoms with Crippen LogP contribution in [0.2, 0.25) is 0 Å². The van der Waals surface area contributed by atoms with Crippen LogP contribution in [-0.4, -0.2) is 18.5 Å². The standard InChI is InChI=1S/C13H14F4N2O/c14-11-8(2-1-3-9(11)13(15,16)17)7-4-5-19-10(6-7)12(18)20/h1-3,7,10,19H,4-6H2,(H2,18,20). The van der Waals surface area contributed by atoms with E-state index in [-0.39, 0.29) is 12.0 Å². The Bertz CT molecular complexity index is 516. The maximum atomic E-state index is 14.0. The molecule has 2 rings (SSSR count). The lowest BCUT2D eigenvalue weighted by atomic mass is 9.85. The highest BCUT2D eigenvalue weighted by Crippen LogP contribution is 2.36. The lowest BCUT2D eigenvalue weighted by Gasteiger charge is -2.29. The predicted octanol–water partition coefficient (Wildman–Crippen LogP) is 2.17. The van der Waals surface area contributed by atoms with Gasteiger partial charge in [-0.2, -0.15) is 13.2 Å². The number of piperidine rings is 1. The molecule has 0 aromatic heterocycles. The van der Waals surface area contributed by atoms with Crippen LogP contribution in [0, 0.1) is 5.82 Å². The number of alkyl halides is 3. The molecule has 1 aliphatic rings. The first-order valence-corrected chi connectivity index (χ1v) is 6.19. The minimum absolute atomic E-state index is 0.00687. The van der Waals surface area contributed by atoms with E-state index in [4.69, 9.17) is 5.73 Å². The Hall–Kier alpha value is -1.63. The fourth-order valence-corrected chi connectivity index (χ4v) is 2.50. The molecule has 1 aromatic carbocycles. The van der Waals surface area contributed by atoms with Gasteiger partial charge in [-0.3, -0.25) is 4.79 Å². The molecule has 3 N–H and O–H groups in total. The smallest absolute Gasteiger partial charge is 0.368 e. The maximum absolute atomic E-state index is 14.0. The van der Waals surface area contributed by atoms with Crippen molar-refractivity contribution in [2.75, 3.05) is 6.54 Å². The molecule has 2 atom stereocenters. The highest BCUT2D eigenvalue weighted by molar-refractivity contribution is 5.80. The summed E-state index contributed by atoms with van der Waals surface area (Å²) in [5, 5.41) is 2.86. The predicted molar refractivity (Wildman–Crippen MR) is 64.4 cm³/mol. The van der Waals surface area contributed by atoms with Crippen LogP contribution in [0.4, 0.5) is 17.6 Å². The van der Waals surface area contributed by atoms with E-state index >= 15 is 0 Å². The third-order valence-electron chi connectivity index (χ3n) is 3.52. The lowest BCUT2D eigenvalue weighted by Crippen LogP contribution is -2.46. The molecule has 1 fully saturated rings. The van der Waals surface area contributed by atoms with Gasteiger partial charge in [-0.1, -0.05) is 12.1 Å². The number of hydrogen-bond donors (Lipinski definition) is 2. The highest BCUT2D eigenvalue weighted by atomic mass is 19.4. The number of amides is 1. The summed E-state index contributed by atoms with van der Waals surface area (Å²) in [6, 6.07) is 2.59. The lowest BCUT2D eigenvalue weighted by molar-refractivity contribution is -0.140. The number of primary amides is 1. The van der Waals surface area contributed by atoms with E-state index in [1.54, 1.807) is 0 Å². The summed E-state index contributed by atoms with van der Waals surface area (Å²) in [5.41, 5.74) is 3.89. The molecule has 1 amide bonds. The number of nitrogens with one attached hydrogen (secondary N) is 1. The van der Waals surface area contributed by atoms with Crippen molar-refractivity contribution in [3.63, 3.8) is 0 Å². The van der Waals surface area contributed by atoms with Crippen molar-refractivity contribution in [1.82, 2.24) is 5.32 Å². The van der Waals surface area contributed by atoms with Crippen LogP contribution in [0.3, 0.4) is 0 Å². The molecule has 3 nitrogen and oxygen atoms in total. The van der Waals surface area contributed by atoms with Gasteiger partial charge in [0.05, 0.1) is 11.6 Å². The van der Waals surface area contributed by atoms with Gasteiger partial charge in [-0.15, -0.1) is 0 Å². The van der Waals surface area contributed by atoms with Crippen molar-refractivity contribution in [3.8, 4) is 0 Å². The molecule has 2 unspecified atom stereocenters. The monoisotopic (exact) mass is 290 g/mol. The molecule has 0 spiro atoms. The van der Waals surface area contributed by atoms with Crippen LogP contribution in [0.5, 0.6) is 0 Å². The number of carbonyl (C=O) groups excluding carboxylic acids is 1. The van der Waals surface area contributed by atoms with E-state index in [1.807, 2.05) is 0 Å². The van der Waals surface area contributed by atoms with Crippen molar-refractivity contribution < 1.29 is 22.4 Å². The Labute approximate surface area is 113 Å². The Kier molecular flexibility index (Phi) is 3.99. The van der Waals surface area contributed by atoms with Gasteiger partial charge >= 0.3 is 6.18 Å². The number of benzene rings is 1.